The summed E-state index contributed by atoms with van der Waals surface area (Å²) >= 11 is 12.0. The molecule has 0 spiro atoms. The highest BCUT2D eigenvalue weighted by Gasteiger charge is 2.14. The average molecular weight is 307 g/mol. The number of rotatable bonds is 4. The molecule has 0 radical (unpaired) electrons. The predicted octanol–water partition coefficient (Wildman–Crippen LogP) is 5.35. The van der Waals surface area contributed by atoms with Crippen molar-refractivity contribution >= 4 is 29.0 Å². The molecule has 0 bridgehead atoms. The molecule has 20 heavy (non-hydrogen) atoms. The summed E-state index contributed by atoms with van der Waals surface area (Å²) in [6.45, 7) is 4.21. The Bertz CT molecular complexity index is 647. The van der Waals surface area contributed by atoms with Gasteiger partial charge in [-0.15, -0.1) is 0 Å². The molecule has 0 atom stereocenters. The van der Waals surface area contributed by atoms with Crippen molar-refractivity contribution in [3.8, 4) is 0 Å². The van der Waals surface area contributed by atoms with Crippen LogP contribution in [0.15, 0.2) is 36.4 Å². The number of carbonyl (C=O) groups is 1. The Morgan fingerprint density at radius 1 is 0.950 bits per heavy atom. The third-order valence-corrected chi connectivity index (χ3v) is 3.97. The van der Waals surface area contributed by atoms with E-state index in [-0.39, 0.29) is 5.78 Å². The predicted molar refractivity (Wildman–Crippen MR) is 85.1 cm³/mol. The van der Waals surface area contributed by atoms with Gasteiger partial charge in [0.2, 0.25) is 0 Å². The van der Waals surface area contributed by atoms with Gasteiger partial charge in [0.05, 0.1) is 5.02 Å². The molecule has 0 fully saturated rings. The Morgan fingerprint density at radius 3 is 2.30 bits per heavy atom. The van der Waals surface area contributed by atoms with Crippen LogP contribution in [0.25, 0.3) is 0 Å². The molecule has 104 valence electrons. The first-order chi connectivity index (χ1) is 9.56. The van der Waals surface area contributed by atoms with Crippen LogP contribution in [0.4, 0.5) is 0 Å². The van der Waals surface area contributed by atoms with Crippen LogP contribution in [0.5, 0.6) is 0 Å². The molecule has 0 aliphatic heterocycles. The van der Waals surface area contributed by atoms with E-state index in [1.807, 2.05) is 18.2 Å². The summed E-state index contributed by atoms with van der Waals surface area (Å²) in [5, 5.41) is 0.940. The van der Waals surface area contributed by atoms with E-state index in [1.54, 1.807) is 18.2 Å². The van der Waals surface area contributed by atoms with Gasteiger partial charge in [0.25, 0.3) is 0 Å². The minimum Gasteiger partial charge on any atom is -0.289 e. The first-order valence-electron chi connectivity index (χ1n) is 6.68. The van der Waals surface area contributed by atoms with E-state index in [9.17, 15) is 4.79 Å². The SMILES string of the molecule is CCc1ccc(C(=O)c2cc(Cl)ccc2Cl)cc1CC. The summed E-state index contributed by atoms with van der Waals surface area (Å²) in [5.41, 5.74) is 3.59. The number of ketones is 1. The zero-order chi connectivity index (χ0) is 14.7. The zero-order valence-corrected chi connectivity index (χ0v) is 13.1. The van der Waals surface area contributed by atoms with Crippen LogP contribution in [0.3, 0.4) is 0 Å². The van der Waals surface area contributed by atoms with Gasteiger partial charge < -0.3 is 0 Å². The smallest absolute Gasteiger partial charge is 0.194 e. The van der Waals surface area contributed by atoms with Crippen LogP contribution < -0.4 is 0 Å². The second kappa shape index (κ2) is 6.43. The molecule has 0 heterocycles. The highest BCUT2D eigenvalue weighted by molar-refractivity contribution is 6.36. The van der Waals surface area contributed by atoms with Gasteiger partial charge in [-0.05, 0) is 48.2 Å². The van der Waals surface area contributed by atoms with Crippen LogP contribution in [-0.2, 0) is 12.8 Å². The molecule has 0 saturated carbocycles. The van der Waals surface area contributed by atoms with Crippen molar-refractivity contribution in [3.63, 3.8) is 0 Å². The second-order valence-corrected chi connectivity index (χ2v) is 5.49. The van der Waals surface area contributed by atoms with Crippen LogP contribution >= 0.6 is 23.2 Å². The van der Waals surface area contributed by atoms with E-state index in [4.69, 9.17) is 23.2 Å². The topological polar surface area (TPSA) is 17.1 Å². The molecule has 0 aliphatic carbocycles. The molecular formula is C17H16Cl2O. The zero-order valence-electron chi connectivity index (χ0n) is 11.5. The van der Waals surface area contributed by atoms with Crippen molar-refractivity contribution in [2.24, 2.45) is 0 Å². The van der Waals surface area contributed by atoms with Gasteiger partial charge in [0, 0.05) is 16.1 Å². The Balaban J connectivity index is 2.45. The third kappa shape index (κ3) is 3.05. The van der Waals surface area contributed by atoms with E-state index in [1.165, 1.54) is 11.1 Å². The van der Waals surface area contributed by atoms with Crippen LogP contribution in [0.2, 0.25) is 10.0 Å². The lowest BCUT2D eigenvalue weighted by Crippen LogP contribution is -2.04. The van der Waals surface area contributed by atoms with Crippen LogP contribution in [-0.4, -0.2) is 5.78 Å². The maximum atomic E-state index is 12.5. The molecule has 0 aliphatic rings. The number of benzene rings is 2. The fraction of sp³-hybridized carbons (Fsp3) is 0.235. The molecule has 0 amide bonds. The lowest BCUT2D eigenvalue weighted by Gasteiger charge is -2.09. The van der Waals surface area contributed by atoms with E-state index >= 15 is 0 Å². The minimum atomic E-state index is -0.0881. The monoisotopic (exact) mass is 306 g/mol. The maximum Gasteiger partial charge on any atom is 0.194 e. The van der Waals surface area contributed by atoms with E-state index in [0.717, 1.165) is 12.8 Å². The lowest BCUT2D eigenvalue weighted by molar-refractivity contribution is 0.103. The molecule has 1 nitrogen and oxygen atoms in total. The molecule has 0 saturated heterocycles. The molecule has 2 rings (SSSR count). The second-order valence-electron chi connectivity index (χ2n) is 4.64. The van der Waals surface area contributed by atoms with E-state index in [0.29, 0.717) is 21.2 Å². The van der Waals surface area contributed by atoms with Crippen molar-refractivity contribution in [3.05, 3.63) is 68.7 Å². The van der Waals surface area contributed by atoms with Gasteiger partial charge in [0.15, 0.2) is 5.78 Å². The lowest BCUT2D eigenvalue weighted by atomic mass is 9.96. The molecule has 0 N–H and O–H groups in total. The summed E-state index contributed by atoms with van der Waals surface area (Å²) < 4.78 is 0. The summed E-state index contributed by atoms with van der Waals surface area (Å²) in [6, 6.07) is 10.8. The van der Waals surface area contributed by atoms with E-state index < -0.39 is 0 Å². The third-order valence-electron chi connectivity index (χ3n) is 3.40. The minimum absolute atomic E-state index is 0.0881. The Morgan fingerprint density at radius 2 is 1.65 bits per heavy atom. The van der Waals surface area contributed by atoms with Gasteiger partial charge in [0.1, 0.15) is 0 Å². The number of hydrogen-bond acceptors (Lipinski definition) is 1. The largest absolute Gasteiger partial charge is 0.289 e. The summed E-state index contributed by atoms with van der Waals surface area (Å²) in [5.74, 6) is -0.0881. The number of carbonyl (C=O) groups excluding carboxylic acids is 1. The number of halogens is 2. The van der Waals surface area contributed by atoms with Crippen molar-refractivity contribution in [2.75, 3.05) is 0 Å². The van der Waals surface area contributed by atoms with Crippen molar-refractivity contribution in [2.45, 2.75) is 26.7 Å². The van der Waals surface area contributed by atoms with Crippen molar-refractivity contribution in [1.29, 1.82) is 0 Å². The Hall–Kier alpha value is -1.31. The Labute approximate surface area is 129 Å². The summed E-state index contributed by atoms with van der Waals surface area (Å²) in [4.78, 5) is 12.5. The first-order valence-corrected chi connectivity index (χ1v) is 7.44. The molecule has 0 unspecified atom stereocenters. The number of hydrogen-bond donors (Lipinski definition) is 0. The molecular weight excluding hydrogens is 291 g/mol. The highest BCUT2D eigenvalue weighted by Crippen LogP contribution is 2.24. The van der Waals surface area contributed by atoms with Gasteiger partial charge in [-0.3, -0.25) is 4.79 Å². The quantitative estimate of drug-likeness (QED) is 0.696. The van der Waals surface area contributed by atoms with Crippen molar-refractivity contribution < 1.29 is 4.79 Å². The molecule has 2 aromatic rings. The molecule has 0 aromatic heterocycles. The number of aryl methyl sites for hydroxylation is 2. The Kier molecular flexibility index (Phi) is 4.85. The van der Waals surface area contributed by atoms with Crippen LogP contribution in [0.1, 0.15) is 40.9 Å². The van der Waals surface area contributed by atoms with E-state index in [2.05, 4.69) is 13.8 Å². The first kappa shape index (κ1) is 15.1. The molecule has 3 heteroatoms. The normalized spacial score (nSPS) is 10.6. The molecule has 2 aromatic carbocycles. The average Bonchev–Trinajstić information content (AvgIpc) is 2.48. The van der Waals surface area contributed by atoms with Gasteiger partial charge in [-0.25, -0.2) is 0 Å². The summed E-state index contributed by atoms with van der Waals surface area (Å²) in [7, 11) is 0. The standard InChI is InChI=1S/C17H16Cl2O/c1-3-11-5-6-13(9-12(11)4-2)17(20)15-10-14(18)7-8-16(15)19/h5-10H,3-4H2,1-2H3. The van der Waals surface area contributed by atoms with Gasteiger partial charge >= 0.3 is 0 Å². The maximum absolute atomic E-state index is 12.5. The van der Waals surface area contributed by atoms with Gasteiger partial charge in [-0.2, -0.15) is 0 Å². The fourth-order valence-corrected chi connectivity index (χ4v) is 2.64. The van der Waals surface area contributed by atoms with Gasteiger partial charge in [-0.1, -0.05) is 49.2 Å². The van der Waals surface area contributed by atoms with Crippen molar-refractivity contribution in [1.82, 2.24) is 0 Å². The fourth-order valence-electron chi connectivity index (χ4n) is 2.27. The van der Waals surface area contributed by atoms with Crippen LogP contribution in [0, 0.1) is 0 Å². The highest BCUT2D eigenvalue weighted by atomic mass is 35.5. The summed E-state index contributed by atoms with van der Waals surface area (Å²) in [6.07, 6.45) is 1.88.